The Morgan fingerprint density at radius 1 is 1.06 bits per heavy atom. The van der Waals surface area contributed by atoms with Crippen molar-refractivity contribution in [3.8, 4) is 0 Å². The summed E-state index contributed by atoms with van der Waals surface area (Å²) in [5.41, 5.74) is 0.0779. The van der Waals surface area contributed by atoms with Crippen molar-refractivity contribution in [1.82, 2.24) is 9.80 Å². The van der Waals surface area contributed by atoms with Gasteiger partial charge in [0.05, 0.1) is 0 Å². The molecule has 0 N–H and O–H groups in total. The van der Waals surface area contributed by atoms with Crippen molar-refractivity contribution < 1.29 is 33.5 Å². The molecule has 6 fully saturated rings. The number of esters is 1. The van der Waals surface area contributed by atoms with Gasteiger partial charge in [-0.3, -0.25) is 4.90 Å². The van der Waals surface area contributed by atoms with Crippen molar-refractivity contribution in [2.24, 2.45) is 23.7 Å². The quantitative estimate of drug-likeness (QED) is 0.431. The molecule has 9 atom stereocenters. The summed E-state index contributed by atoms with van der Waals surface area (Å²) in [5, 5.41) is 0.111. The Morgan fingerprint density at radius 3 is 2.56 bits per heavy atom. The monoisotopic (exact) mass is 498 g/mol. The summed E-state index contributed by atoms with van der Waals surface area (Å²) in [7, 11) is 1.52. The average molecular weight is 499 g/mol. The van der Waals surface area contributed by atoms with Crippen molar-refractivity contribution in [3.05, 3.63) is 10.7 Å². The maximum atomic E-state index is 11.9. The first kappa shape index (κ1) is 23.5. The molecule has 7 rings (SSSR count). The number of piperazine rings is 1. The number of carbonyl (C=O) groups is 1. The van der Waals surface area contributed by atoms with Gasteiger partial charge in [-0.15, -0.1) is 0 Å². The van der Waals surface area contributed by atoms with Crippen molar-refractivity contribution in [3.63, 3.8) is 0 Å². The lowest BCUT2D eigenvalue weighted by atomic mass is 9.58. The molecule has 6 heterocycles. The number of hydrogen-bond acceptors (Lipinski definition) is 9. The SMILES string of the molecule is COC1OC(=O)C(Cl)=C1N1CCN([C@@H]2O[C@@H]3O[C@@]4(C)CC[C@H]5[C@H](C)CC[C@@H]([C@H]2C)[C@@]35OO4)CC1. The Kier molecular flexibility index (Phi) is 5.72. The third kappa shape index (κ3) is 3.31. The van der Waals surface area contributed by atoms with Gasteiger partial charge in [-0.2, -0.15) is 0 Å². The highest BCUT2D eigenvalue weighted by Crippen LogP contribution is 2.60. The van der Waals surface area contributed by atoms with E-state index in [1.165, 1.54) is 13.5 Å². The molecule has 1 saturated carbocycles. The van der Waals surface area contributed by atoms with Crippen LogP contribution in [0.15, 0.2) is 10.7 Å². The summed E-state index contributed by atoms with van der Waals surface area (Å²) in [6.45, 7) is 9.52. The normalized spacial score (nSPS) is 49.1. The number of rotatable bonds is 3. The number of cyclic esters (lactones) is 1. The molecule has 10 heteroatoms. The zero-order valence-corrected chi connectivity index (χ0v) is 21.1. The highest BCUT2D eigenvalue weighted by atomic mass is 35.5. The Hall–Kier alpha value is -0.940. The van der Waals surface area contributed by atoms with Gasteiger partial charge in [0.1, 0.15) is 11.9 Å². The molecule has 5 saturated heterocycles. The van der Waals surface area contributed by atoms with E-state index in [0.717, 1.165) is 32.4 Å². The van der Waals surface area contributed by atoms with E-state index in [1.807, 2.05) is 6.92 Å². The van der Waals surface area contributed by atoms with E-state index in [9.17, 15) is 4.79 Å². The molecule has 0 amide bonds. The van der Waals surface area contributed by atoms with Crippen molar-refractivity contribution in [2.45, 2.75) is 76.7 Å². The minimum atomic E-state index is -0.769. The molecule has 1 spiro atoms. The summed E-state index contributed by atoms with van der Waals surface area (Å²) in [6.07, 6.45) is 2.84. The number of hydrogen-bond donors (Lipinski definition) is 0. The van der Waals surface area contributed by atoms with Gasteiger partial charge in [-0.1, -0.05) is 25.4 Å². The zero-order valence-electron chi connectivity index (χ0n) is 20.3. The number of fused-ring (bicyclic) bond motifs is 2. The van der Waals surface area contributed by atoms with Gasteiger partial charge in [0.15, 0.2) is 16.9 Å². The van der Waals surface area contributed by atoms with Crippen LogP contribution in [0.1, 0.15) is 46.5 Å². The third-order valence-corrected chi connectivity index (χ3v) is 9.54. The maximum absolute atomic E-state index is 11.9. The van der Waals surface area contributed by atoms with E-state index in [1.54, 1.807) is 0 Å². The molecule has 6 aliphatic heterocycles. The molecule has 9 nitrogen and oxygen atoms in total. The van der Waals surface area contributed by atoms with Crippen LogP contribution in [0.2, 0.25) is 0 Å². The van der Waals surface area contributed by atoms with Crippen LogP contribution in [0.4, 0.5) is 0 Å². The van der Waals surface area contributed by atoms with Crippen LogP contribution in [-0.2, 0) is 33.5 Å². The van der Waals surface area contributed by atoms with E-state index in [0.29, 0.717) is 36.5 Å². The molecule has 0 aromatic heterocycles. The lowest BCUT2D eigenvalue weighted by Crippen LogP contribution is -2.72. The van der Waals surface area contributed by atoms with Gasteiger partial charge < -0.3 is 23.8 Å². The fraction of sp³-hybridized carbons (Fsp3) is 0.875. The van der Waals surface area contributed by atoms with Gasteiger partial charge in [0, 0.05) is 51.5 Å². The minimum Gasteiger partial charge on any atom is -0.425 e. The van der Waals surface area contributed by atoms with E-state index in [4.69, 9.17) is 40.3 Å². The van der Waals surface area contributed by atoms with E-state index in [-0.39, 0.29) is 17.2 Å². The molecule has 7 aliphatic rings. The molecule has 0 radical (unpaired) electrons. The van der Waals surface area contributed by atoms with Crippen LogP contribution in [-0.4, -0.2) is 79.3 Å². The summed E-state index contributed by atoms with van der Waals surface area (Å²) in [4.78, 5) is 28.6. The number of ether oxygens (including phenoxy) is 4. The lowest BCUT2D eigenvalue weighted by molar-refractivity contribution is -0.574. The largest absolute Gasteiger partial charge is 0.425 e. The van der Waals surface area contributed by atoms with Crippen LogP contribution in [0.25, 0.3) is 0 Å². The van der Waals surface area contributed by atoms with E-state index in [2.05, 4.69) is 23.6 Å². The summed E-state index contributed by atoms with van der Waals surface area (Å²) < 4.78 is 23.8. The predicted molar refractivity (Wildman–Crippen MR) is 120 cm³/mol. The first-order valence-corrected chi connectivity index (χ1v) is 13.0. The summed E-state index contributed by atoms with van der Waals surface area (Å²) in [6, 6.07) is 0. The van der Waals surface area contributed by atoms with E-state index >= 15 is 0 Å². The predicted octanol–water partition coefficient (Wildman–Crippen LogP) is 2.79. The van der Waals surface area contributed by atoms with Crippen molar-refractivity contribution in [2.75, 3.05) is 33.3 Å². The molecule has 2 bridgehead atoms. The lowest BCUT2D eigenvalue weighted by Gasteiger charge is -2.61. The second kappa shape index (κ2) is 8.30. The van der Waals surface area contributed by atoms with Crippen molar-refractivity contribution in [1.29, 1.82) is 0 Å². The fourth-order valence-corrected chi connectivity index (χ4v) is 7.63. The smallest absolute Gasteiger partial charge is 0.354 e. The summed E-state index contributed by atoms with van der Waals surface area (Å²) in [5.74, 6) is 0.172. The highest BCUT2D eigenvalue weighted by Gasteiger charge is 2.69. The third-order valence-electron chi connectivity index (χ3n) is 9.19. The van der Waals surface area contributed by atoms with Crippen LogP contribution >= 0.6 is 11.6 Å². The molecular weight excluding hydrogens is 464 g/mol. The molecule has 190 valence electrons. The van der Waals surface area contributed by atoms with Crippen LogP contribution in [0.3, 0.4) is 0 Å². The van der Waals surface area contributed by atoms with E-state index < -0.39 is 29.9 Å². The van der Waals surface area contributed by atoms with Gasteiger partial charge in [0.2, 0.25) is 12.1 Å². The molecule has 1 unspecified atom stereocenters. The minimum absolute atomic E-state index is 0.0764. The Morgan fingerprint density at radius 2 is 1.82 bits per heavy atom. The average Bonchev–Trinajstić information content (AvgIpc) is 2.95. The van der Waals surface area contributed by atoms with Gasteiger partial charge in [-0.25, -0.2) is 14.6 Å². The Balaban J connectivity index is 1.22. The Bertz CT molecular complexity index is 879. The first-order valence-electron chi connectivity index (χ1n) is 12.6. The number of nitrogens with zero attached hydrogens (tertiary/aromatic N) is 2. The molecule has 0 aromatic rings. The maximum Gasteiger partial charge on any atom is 0.354 e. The molecule has 1 aliphatic carbocycles. The first-order chi connectivity index (χ1) is 16.3. The zero-order chi connectivity index (χ0) is 23.8. The number of carbonyl (C=O) groups excluding carboxylic acids is 1. The van der Waals surface area contributed by atoms with Gasteiger partial charge in [-0.05, 0) is 38.0 Å². The van der Waals surface area contributed by atoms with Crippen LogP contribution in [0, 0.1) is 23.7 Å². The van der Waals surface area contributed by atoms with Gasteiger partial charge in [0.25, 0.3) is 0 Å². The highest BCUT2D eigenvalue weighted by molar-refractivity contribution is 6.42. The number of methoxy groups -OCH3 is 1. The van der Waals surface area contributed by atoms with Gasteiger partial charge >= 0.3 is 5.97 Å². The Labute approximate surface area is 205 Å². The standard InChI is InChI=1S/C24H35ClN2O7/c1-13-5-6-16-14(2)19(30-22-24(16)15(13)7-8-23(3,32-22)33-34-24)27-11-9-26(10-12-27)18-17(25)20(28)31-21(18)29-4/h13-16,19,21-22H,5-12H2,1-4H3/t13-,14-,15+,16+,19-,21?,22-,23-,24-/m1/s1. The summed E-state index contributed by atoms with van der Waals surface area (Å²) >= 11 is 6.26. The van der Waals surface area contributed by atoms with Crippen molar-refractivity contribution >= 4 is 17.6 Å². The number of halogens is 1. The molecule has 34 heavy (non-hydrogen) atoms. The topological polar surface area (TPSA) is 78.9 Å². The van der Waals surface area contributed by atoms with Crippen LogP contribution in [0.5, 0.6) is 0 Å². The second-order valence-electron chi connectivity index (χ2n) is 11.0. The van der Waals surface area contributed by atoms with Crippen LogP contribution < -0.4 is 0 Å². The molecular formula is C24H35ClN2O7. The second-order valence-corrected chi connectivity index (χ2v) is 11.4. The molecule has 0 aromatic carbocycles. The fourth-order valence-electron chi connectivity index (χ4n) is 7.38.